The van der Waals surface area contributed by atoms with E-state index in [0.29, 0.717) is 0 Å². The molecule has 0 bridgehead atoms. The van der Waals surface area contributed by atoms with Crippen molar-refractivity contribution >= 4 is 41.8 Å². The van der Waals surface area contributed by atoms with Gasteiger partial charge in [-0.15, -0.1) is 0 Å². The average Bonchev–Trinajstić information content (AvgIpc) is 2.93. The Kier molecular flexibility index (Phi) is 15.4. The molecule has 2 saturated heterocycles. The standard InChI is InChI=1S/C28H41NO18/c1-12(30)38-10-19-21(40-13(2)31)23(42-15(4)33)25(37-9-8-29)27(46-19)39-11-20-22(41-14(3)32)24(43-16(5)34)26(44-17(6)35)28(47-20)45-18(7)36/h19-28H,8-11,29H2,1-7H3/t19-,20-,21-,22-,23+,24+,25-,26-,27-,28-/m1/s1. The fourth-order valence-corrected chi connectivity index (χ4v) is 4.82. The Hall–Kier alpha value is -3.91. The van der Waals surface area contributed by atoms with E-state index in [1.807, 2.05) is 0 Å². The van der Waals surface area contributed by atoms with Crippen LogP contribution in [0.25, 0.3) is 0 Å². The van der Waals surface area contributed by atoms with E-state index < -0.39 is 116 Å². The second-order valence-corrected chi connectivity index (χ2v) is 10.3. The summed E-state index contributed by atoms with van der Waals surface area (Å²) in [5, 5.41) is 0. The highest BCUT2D eigenvalue weighted by atomic mass is 16.8. The Balaban J connectivity index is 2.54. The SMILES string of the molecule is CC(=O)OC[C@H]1O[C@@H](OC[C@H]2O[C@@H](OC(C)=O)[C@H](OC(C)=O)[C@@H](OC(C)=O)[C@@H]2OC(C)=O)[C@H](OCCN)[C@@H](OC(C)=O)[C@@H]1OC(C)=O. The van der Waals surface area contributed by atoms with E-state index in [4.69, 9.17) is 57.8 Å². The van der Waals surface area contributed by atoms with Gasteiger partial charge in [-0.1, -0.05) is 0 Å². The summed E-state index contributed by atoms with van der Waals surface area (Å²) in [6.07, 6.45) is -14.5. The molecule has 0 amide bonds. The molecular weight excluding hydrogens is 638 g/mol. The summed E-state index contributed by atoms with van der Waals surface area (Å²) < 4.78 is 60.8. The number of carbonyl (C=O) groups excluding carboxylic acids is 7. The molecule has 2 aliphatic rings. The van der Waals surface area contributed by atoms with Crippen LogP contribution >= 0.6 is 0 Å². The molecule has 47 heavy (non-hydrogen) atoms. The minimum Gasteiger partial charge on any atom is -0.463 e. The summed E-state index contributed by atoms with van der Waals surface area (Å²) in [5.41, 5.74) is 5.63. The summed E-state index contributed by atoms with van der Waals surface area (Å²) in [4.78, 5) is 83.9. The van der Waals surface area contributed by atoms with Crippen LogP contribution in [-0.4, -0.2) is 130 Å². The van der Waals surface area contributed by atoms with Gasteiger partial charge in [0.15, 0.2) is 30.7 Å². The number of hydrogen-bond acceptors (Lipinski definition) is 19. The lowest BCUT2D eigenvalue weighted by Crippen LogP contribution is -2.65. The van der Waals surface area contributed by atoms with Crippen LogP contribution in [0.15, 0.2) is 0 Å². The lowest BCUT2D eigenvalue weighted by molar-refractivity contribution is -0.334. The Morgan fingerprint density at radius 3 is 1.32 bits per heavy atom. The van der Waals surface area contributed by atoms with Crippen LogP contribution in [0.2, 0.25) is 0 Å². The van der Waals surface area contributed by atoms with Crippen molar-refractivity contribution in [1.82, 2.24) is 0 Å². The van der Waals surface area contributed by atoms with E-state index in [2.05, 4.69) is 0 Å². The first-order valence-corrected chi connectivity index (χ1v) is 14.4. The molecule has 19 nitrogen and oxygen atoms in total. The molecule has 2 rings (SSSR count). The van der Waals surface area contributed by atoms with Crippen LogP contribution in [0.4, 0.5) is 0 Å². The van der Waals surface area contributed by atoms with Crippen LogP contribution in [0.3, 0.4) is 0 Å². The van der Waals surface area contributed by atoms with Crippen molar-refractivity contribution in [2.24, 2.45) is 5.73 Å². The van der Waals surface area contributed by atoms with Gasteiger partial charge in [0.25, 0.3) is 0 Å². The molecule has 0 unspecified atom stereocenters. The van der Waals surface area contributed by atoms with Crippen molar-refractivity contribution in [3.05, 3.63) is 0 Å². The van der Waals surface area contributed by atoms with Crippen molar-refractivity contribution in [1.29, 1.82) is 0 Å². The number of rotatable bonds is 14. The molecule has 0 aromatic heterocycles. The van der Waals surface area contributed by atoms with E-state index >= 15 is 0 Å². The van der Waals surface area contributed by atoms with Crippen LogP contribution in [0.1, 0.15) is 48.5 Å². The molecule has 2 aliphatic heterocycles. The van der Waals surface area contributed by atoms with Gasteiger partial charge in [-0.25, -0.2) is 0 Å². The lowest BCUT2D eigenvalue weighted by atomic mass is 9.97. The fraction of sp³-hybridized carbons (Fsp3) is 0.750. The second kappa shape index (κ2) is 18.4. The normalized spacial score (nSPS) is 30.2. The topological polar surface area (TPSA) is 247 Å². The van der Waals surface area contributed by atoms with E-state index in [0.717, 1.165) is 48.5 Å². The highest BCUT2D eigenvalue weighted by molar-refractivity contribution is 5.69. The van der Waals surface area contributed by atoms with E-state index in [9.17, 15) is 33.6 Å². The summed E-state index contributed by atoms with van der Waals surface area (Å²) in [5.74, 6) is -5.73. The quantitative estimate of drug-likeness (QED) is 0.163. The first-order valence-electron chi connectivity index (χ1n) is 14.4. The fourth-order valence-electron chi connectivity index (χ4n) is 4.82. The Labute approximate surface area is 269 Å². The summed E-state index contributed by atoms with van der Waals surface area (Å²) in [6.45, 7) is 6.35. The van der Waals surface area contributed by atoms with Gasteiger partial charge in [-0.3, -0.25) is 33.6 Å². The minimum atomic E-state index is -1.67. The van der Waals surface area contributed by atoms with Crippen LogP contribution < -0.4 is 5.73 Å². The van der Waals surface area contributed by atoms with Gasteiger partial charge in [0.05, 0.1) is 13.2 Å². The number of esters is 7. The molecule has 0 saturated carbocycles. The number of carbonyl (C=O) groups is 7. The Morgan fingerprint density at radius 1 is 0.468 bits per heavy atom. The van der Waals surface area contributed by atoms with Crippen LogP contribution in [0, 0.1) is 0 Å². The molecule has 0 aromatic carbocycles. The maximum Gasteiger partial charge on any atom is 0.305 e. The molecular formula is C28H41NO18. The highest BCUT2D eigenvalue weighted by Gasteiger charge is 2.55. The predicted molar refractivity (Wildman–Crippen MR) is 148 cm³/mol. The molecule has 2 fully saturated rings. The van der Waals surface area contributed by atoms with Crippen molar-refractivity contribution in [3.8, 4) is 0 Å². The molecule has 0 aromatic rings. The number of hydrogen-bond donors (Lipinski definition) is 1. The van der Waals surface area contributed by atoms with Gasteiger partial charge in [0.1, 0.15) is 24.9 Å². The van der Waals surface area contributed by atoms with Crippen molar-refractivity contribution < 1.29 is 85.7 Å². The van der Waals surface area contributed by atoms with Gasteiger partial charge in [0.2, 0.25) is 12.4 Å². The molecule has 2 N–H and O–H groups in total. The molecule has 19 heteroatoms. The molecule has 0 aliphatic carbocycles. The van der Waals surface area contributed by atoms with Crippen molar-refractivity contribution in [2.45, 2.75) is 110 Å². The molecule has 10 atom stereocenters. The monoisotopic (exact) mass is 679 g/mol. The molecule has 2 heterocycles. The van der Waals surface area contributed by atoms with Gasteiger partial charge < -0.3 is 57.8 Å². The predicted octanol–water partition coefficient (Wildman–Crippen LogP) is -1.42. The summed E-state index contributed by atoms with van der Waals surface area (Å²) >= 11 is 0. The summed E-state index contributed by atoms with van der Waals surface area (Å²) in [7, 11) is 0. The maximum absolute atomic E-state index is 12.2. The van der Waals surface area contributed by atoms with E-state index in [-0.39, 0.29) is 13.2 Å². The number of ether oxygens (including phenoxy) is 11. The third kappa shape index (κ3) is 12.3. The average molecular weight is 680 g/mol. The zero-order chi connectivity index (χ0) is 35.4. The Morgan fingerprint density at radius 2 is 0.872 bits per heavy atom. The largest absolute Gasteiger partial charge is 0.463 e. The van der Waals surface area contributed by atoms with Crippen molar-refractivity contribution in [2.75, 3.05) is 26.4 Å². The van der Waals surface area contributed by atoms with Crippen LogP contribution in [-0.2, 0) is 85.7 Å². The number of nitrogens with two attached hydrogens (primary N) is 1. The maximum atomic E-state index is 12.2. The third-order valence-corrected chi connectivity index (χ3v) is 6.28. The molecule has 266 valence electrons. The zero-order valence-corrected chi connectivity index (χ0v) is 27.0. The minimum absolute atomic E-state index is 0.00293. The van der Waals surface area contributed by atoms with Crippen LogP contribution in [0.5, 0.6) is 0 Å². The van der Waals surface area contributed by atoms with E-state index in [1.165, 1.54) is 0 Å². The molecule has 0 radical (unpaired) electrons. The second-order valence-electron chi connectivity index (χ2n) is 10.3. The van der Waals surface area contributed by atoms with Gasteiger partial charge in [0, 0.05) is 55.0 Å². The first-order chi connectivity index (χ1) is 22.0. The van der Waals surface area contributed by atoms with Gasteiger partial charge in [-0.2, -0.15) is 0 Å². The zero-order valence-electron chi connectivity index (χ0n) is 27.0. The van der Waals surface area contributed by atoms with Gasteiger partial charge >= 0.3 is 41.8 Å². The molecule has 0 spiro atoms. The van der Waals surface area contributed by atoms with Gasteiger partial charge in [-0.05, 0) is 0 Å². The summed E-state index contributed by atoms with van der Waals surface area (Å²) in [6, 6.07) is 0. The Bertz CT molecular complexity index is 1140. The third-order valence-electron chi connectivity index (χ3n) is 6.28. The first kappa shape index (κ1) is 39.3. The van der Waals surface area contributed by atoms with Crippen molar-refractivity contribution in [3.63, 3.8) is 0 Å². The van der Waals surface area contributed by atoms with E-state index in [1.54, 1.807) is 0 Å². The lowest BCUT2D eigenvalue weighted by Gasteiger charge is -2.46. The highest BCUT2D eigenvalue weighted by Crippen LogP contribution is 2.33. The smallest absolute Gasteiger partial charge is 0.305 e.